The molecule has 3 N–H and O–H groups in total. The van der Waals surface area contributed by atoms with Crippen LogP contribution in [0.5, 0.6) is 0 Å². The average molecular weight is 271 g/mol. The number of ether oxygens (including phenoxy) is 1. The second-order valence-electron chi connectivity index (χ2n) is 5.39. The third kappa shape index (κ3) is 3.91. The van der Waals surface area contributed by atoms with Crippen LogP contribution in [0.3, 0.4) is 0 Å². The predicted molar refractivity (Wildman–Crippen MR) is 76.9 cm³/mol. The van der Waals surface area contributed by atoms with Crippen molar-refractivity contribution in [1.29, 1.82) is 0 Å². The van der Waals surface area contributed by atoms with Crippen molar-refractivity contribution >= 4 is 5.91 Å². The third-order valence-electron chi connectivity index (χ3n) is 4.56. The number of nitrogens with zero attached hydrogens (tertiary/aromatic N) is 1. The summed E-state index contributed by atoms with van der Waals surface area (Å²) in [5.41, 5.74) is 5.13. The predicted octanol–water partition coefficient (Wildman–Crippen LogP) is 0.588. The van der Waals surface area contributed by atoms with Gasteiger partial charge < -0.3 is 20.7 Å². The molecular weight excluding hydrogens is 242 g/mol. The molecule has 19 heavy (non-hydrogen) atoms. The van der Waals surface area contributed by atoms with Gasteiger partial charge >= 0.3 is 0 Å². The Hall–Kier alpha value is -0.650. The van der Waals surface area contributed by atoms with Crippen molar-refractivity contribution < 1.29 is 9.53 Å². The molecule has 0 aromatic heterocycles. The number of hydrogen-bond acceptors (Lipinski definition) is 4. The Morgan fingerprint density at radius 2 is 2.26 bits per heavy atom. The first-order valence-corrected chi connectivity index (χ1v) is 7.30. The molecule has 0 aromatic rings. The highest BCUT2D eigenvalue weighted by Gasteiger charge is 2.46. The van der Waals surface area contributed by atoms with Crippen LogP contribution in [0.25, 0.3) is 0 Å². The minimum atomic E-state index is -0.485. The fraction of sp³-hybridized carbons (Fsp3) is 0.929. The Balaban J connectivity index is 2.52. The molecule has 1 saturated carbocycles. The largest absolute Gasteiger partial charge is 0.383 e. The van der Waals surface area contributed by atoms with E-state index in [0.717, 1.165) is 51.9 Å². The van der Waals surface area contributed by atoms with E-state index in [1.165, 1.54) is 0 Å². The van der Waals surface area contributed by atoms with Crippen LogP contribution in [-0.4, -0.2) is 56.7 Å². The van der Waals surface area contributed by atoms with Crippen molar-refractivity contribution in [2.45, 2.75) is 38.1 Å². The van der Waals surface area contributed by atoms with E-state index in [4.69, 9.17) is 10.5 Å². The number of likely N-dealkylation sites (N-methyl/N-ethyl adjacent to an activating group) is 2. The summed E-state index contributed by atoms with van der Waals surface area (Å²) in [5, 5.41) is 3.19. The molecule has 0 saturated heterocycles. The number of carbonyl (C=O) groups is 1. The van der Waals surface area contributed by atoms with Crippen molar-refractivity contribution in [3.05, 3.63) is 0 Å². The Bertz CT molecular complexity index is 286. The molecule has 0 aromatic carbocycles. The molecule has 1 fully saturated rings. The van der Waals surface area contributed by atoms with Crippen LogP contribution in [0.2, 0.25) is 0 Å². The van der Waals surface area contributed by atoms with Crippen LogP contribution in [0.1, 0.15) is 32.6 Å². The van der Waals surface area contributed by atoms with E-state index in [9.17, 15) is 4.79 Å². The maximum atomic E-state index is 11.8. The summed E-state index contributed by atoms with van der Waals surface area (Å²) in [6.07, 6.45) is 4.05. The fourth-order valence-corrected chi connectivity index (χ4v) is 3.23. The van der Waals surface area contributed by atoms with Crippen LogP contribution in [-0.2, 0) is 9.53 Å². The zero-order valence-electron chi connectivity index (χ0n) is 12.6. The molecule has 1 rings (SSSR count). The number of carbonyl (C=O) groups excluding carboxylic acids is 1. The van der Waals surface area contributed by atoms with Crippen LogP contribution in [0.4, 0.5) is 0 Å². The van der Waals surface area contributed by atoms with Gasteiger partial charge in [-0.3, -0.25) is 4.79 Å². The standard InChI is InChI=1S/C14H29N3O2/c1-4-17(10-11-19-3)9-7-12-6-5-8-14(12,16-2)13(15)18/h12,16H,4-11H2,1-3H3,(H2,15,18). The summed E-state index contributed by atoms with van der Waals surface area (Å²) in [6, 6.07) is 0. The van der Waals surface area contributed by atoms with E-state index >= 15 is 0 Å². The third-order valence-corrected chi connectivity index (χ3v) is 4.56. The van der Waals surface area contributed by atoms with Crippen molar-refractivity contribution in [3.8, 4) is 0 Å². The SMILES string of the molecule is CCN(CCOC)CCC1CCCC1(NC)C(N)=O. The smallest absolute Gasteiger partial charge is 0.238 e. The molecule has 2 atom stereocenters. The highest BCUT2D eigenvalue weighted by molar-refractivity contribution is 5.85. The summed E-state index contributed by atoms with van der Waals surface area (Å²) in [6.45, 7) is 5.87. The molecular formula is C14H29N3O2. The average Bonchev–Trinajstić information content (AvgIpc) is 2.83. The maximum Gasteiger partial charge on any atom is 0.238 e. The van der Waals surface area contributed by atoms with E-state index in [1.54, 1.807) is 7.11 Å². The van der Waals surface area contributed by atoms with E-state index < -0.39 is 5.54 Å². The molecule has 0 radical (unpaired) electrons. The highest BCUT2D eigenvalue weighted by atomic mass is 16.5. The first-order valence-electron chi connectivity index (χ1n) is 7.30. The fourth-order valence-electron chi connectivity index (χ4n) is 3.23. The number of hydrogen-bond donors (Lipinski definition) is 2. The molecule has 0 aliphatic heterocycles. The second-order valence-corrected chi connectivity index (χ2v) is 5.39. The highest BCUT2D eigenvalue weighted by Crippen LogP contribution is 2.37. The van der Waals surface area contributed by atoms with Crippen molar-refractivity contribution in [2.24, 2.45) is 11.7 Å². The molecule has 0 heterocycles. The molecule has 1 aliphatic rings. The molecule has 1 amide bonds. The lowest BCUT2D eigenvalue weighted by Crippen LogP contribution is -2.56. The Kier molecular flexibility index (Phi) is 6.75. The number of nitrogens with two attached hydrogens (primary N) is 1. The van der Waals surface area contributed by atoms with E-state index in [0.29, 0.717) is 5.92 Å². The number of rotatable bonds is 9. The van der Waals surface area contributed by atoms with Gasteiger partial charge in [-0.1, -0.05) is 13.3 Å². The lowest BCUT2D eigenvalue weighted by molar-refractivity contribution is -0.125. The van der Waals surface area contributed by atoms with Gasteiger partial charge in [0.25, 0.3) is 0 Å². The van der Waals surface area contributed by atoms with Gasteiger partial charge in [-0.05, 0) is 45.3 Å². The zero-order valence-corrected chi connectivity index (χ0v) is 12.6. The monoisotopic (exact) mass is 271 g/mol. The normalized spacial score (nSPS) is 27.1. The van der Waals surface area contributed by atoms with E-state index in [1.807, 2.05) is 7.05 Å². The first kappa shape index (κ1) is 16.4. The van der Waals surface area contributed by atoms with Crippen molar-refractivity contribution in [3.63, 3.8) is 0 Å². The topological polar surface area (TPSA) is 67.6 Å². The molecule has 5 heteroatoms. The Labute approximate surface area is 116 Å². The van der Waals surface area contributed by atoms with Crippen LogP contribution in [0.15, 0.2) is 0 Å². The molecule has 2 unspecified atom stereocenters. The summed E-state index contributed by atoms with van der Waals surface area (Å²) < 4.78 is 5.12. The second kappa shape index (κ2) is 7.82. The van der Waals surface area contributed by atoms with Crippen LogP contribution in [0, 0.1) is 5.92 Å². The summed E-state index contributed by atoms with van der Waals surface area (Å²) in [4.78, 5) is 14.1. The minimum Gasteiger partial charge on any atom is -0.383 e. The minimum absolute atomic E-state index is 0.197. The van der Waals surface area contributed by atoms with Gasteiger partial charge in [0, 0.05) is 13.7 Å². The summed E-state index contributed by atoms with van der Waals surface area (Å²) in [7, 11) is 3.58. The quantitative estimate of drug-likeness (QED) is 0.644. The number of primary amides is 1. The van der Waals surface area contributed by atoms with E-state index in [-0.39, 0.29) is 5.91 Å². The van der Waals surface area contributed by atoms with Gasteiger partial charge in [-0.25, -0.2) is 0 Å². The van der Waals surface area contributed by atoms with E-state index in [2.05, 4.69) is 17.1 Å². The van der Waals surface area contributed by atoms with Crippen molar-refractivity contribution in [1.82, 2.24) is 10.2 Å². The summed E-state index contributed by atoms with van der Waals surface area (Å²) in [5.74, 6) is 0.157. The Morgan fingerprint density at radius 1 is 1.53 bits per heavy atom. The molecule has 0 bridgehead atoms. The summed E-state index contributed by atoms with van der Waals surface area (Å²) >= 11 is 0. The van der Waals surface area contributed by atoms with Crippen molar-refractivity contribution in [2.75, 3.05) is 40.4 Å². The number of amides is 1. The molecule has 5 nitrogen and oxygen atoms in total. The number of methoxy groups -OCH3 is 1. The first-order chi connectivity index (χ1) is 9.10. The van der Waals surface area contributed by atoms with Crippen LogP contribution >= 0.6 is 0 Å². The molecule has 1 aliphatic carbocycles. The van der Waals surface area contributed by atoms with Gasteiger partial charge in [-0.15, -0.1) is 0 Å². The van der Waals surface area contributed by atoms with Gasteiger partial charge in [0.2, 0.25) is 5.91 Å². The lowest BCUT2D eigenvalue weighted by Gasteiger charge is -2.33. The molecule has 0 spiro atoms. The lowest BCUT2D eigenvalue weighted by atomic mass is 9.84. The van der Waals surface area contributed by atoms with Gasteiger partial charge in [-0.2, -0.15) is 0 Å². The molecule has 112 valence electrons. The van der Waals surface area contributed by atoms with Gasteiger partial charge in [0.1, 0.15) is 5.54 Å². The zero-order chi connectivity index (χ0) is 14.3. The maximum absolute atomic E-state index is 11.8. The van der Waals surface area contributed by atoms with Gasteiger partial charge in [0.05, 0.1) is 6.61 Å². The van der Waals surface area contributed by atoms with Gasteiger partial charge in [0.15, 0.2) is 0 Å². The van der Waals surface area contributed by atoms with Crippen LogP contribution < -0.4 is 11.1 Å². The Morgan fingerprint density at radius 3 is 2.79 bits per heavy atom. The number of nitrogens with one attached hydrogen (secondary N) is 1.